The number of nitrogens with one attached hydrogen (secondary N) is 1. The van der Waals surface area contributed by atoms with Gasteiger partial charge in [0.2, 0.25) is 0 Å². The molecule has 3 aromatic rings. The van der Waals surface area contributed by atoms with E-state index in [0.29, 0.717) is 18.0 Å². The summed E-state index contributed by atoms with van der Waals surface area (Å²) in [5.41, 5.74) is 1.55. The summed E-state index contributed by atoms with van der Waals surface area (Å²) >= 11 is 1.55. The Morgan fingerprint density at radius 2 is 2.04 bits per heavy atom. The summed E-state index contributed by atoms with van der Waals surface area (Å²) in [6.07, 6.45) is 0.868. The Labute approximate surface area is 151 Å². The minimum Gasteiger partial charge on any atom is -0.355 e. The van der Waals surface area contributed by atoms with Gasteiger partial charge in [-0.1, -0.05) is 41.6 Å². The number of rotatable bonds is 7. The molecule has 0 saturated carbocycles. The highest BCUT2D eigenvalue weighted by atomic mass is 32.1. The molecular weight excluding hydrogens is 334 g/mol. The maximum absolute atomic E-state index is 12.4. The average molecular weight is 355 g/mol. The lowest BCUT2D eigenvalue weighted by atomic mass is 10.1. The van der Waals surface area contributed by atoms with Gasteiger partial charge in [0.1, 0.15) is 0 Å². The first-order valence-electron chi connectivity index (χ1n) is 8.12. The zero-order chi connectivity index (χ0) is 17.6. The van der Waals surface area contributed by atoms with Crippen molar-refractivity contribution in [2.75, 3.05) is 20.6 Å². The molecule has 2 heterocycles. The van der Waals surface area contributed by atoms with Gasteiger partial charge in [0, 0.05) is 18.7 Å². The topological polar surface area (TPSA) is 58.4 Å². The molecule has 130 valence electrons. The molecule has 25 heavy (non-hydrogen) atoms. The number of nitrogens with zero attached hydrogens (tertiary/aromatic N) is 2. The maximum Gasteiger partial charge on any atom is 0.273 e. The number of amides is 1. The van der Waals surface area contributed by atoms with Crippen LogP contribution in [-0.4, -0.2) is 42.6 Å². The minimum absolute atomic E-state index is 0.204. The summed E-state index contributed by atoms with van der Waals surface area (Å²) in [4.78, 5) is 15.4. The number of hydrogen-bond acceptors (Lipinski definition) is 5. The van der Waals surface area contributed by atoms with Crippen molar-refractivity contribution in [2.45, 2.75) is 12.5 Å². The van der Waals surface area contributed by atoms with Crippen molar-refractivity contribution in [1.82, 2.24) is 15.4 Å². The molecule has 0 fully saturated rings. The van der Waals surface area contributed by atoms with Crippen LogP contribution < -0.4 is 5.32 Å². The van der Waals surface area contributed by atoms with E-state index in [-0.39, 0.29) is 11.9 Å². The van der Waals surface area contributed by atoms with E-state index >= 15 is 0 Å². The number of carbonyl (C=O) groups excluding carboxylic acids is 1. The van der Waals surface area contributed by atoms with Gasteiger partial charge in [0.25, 0.3) is 5.91 Å². The molecule has 1 N–H and O–H groups in total. The maximum atomic E-state index is 12.4. The van der Waals surface area contributed by atoms with Crippen LogP contribution in [0.2, 0.25) is 0 Å². The Morgan fingerprint density at radius 1 is 1.24 bits per heavy atom. The number of aromatic nitrogens is 1. The fourth-order valence-electron chi connectivity index (χ4n) is 2.54. The van der Waals surface area contributed by atoms with Crippen molar-refractivity contribution in [1.29, 1.82) is 0 Å². The van der Waals surface area contributed by atoms with Crippen molar-refractivity contribution in [3.63, 3.8) is 0 Å². The molecule has 1 aromatic carbocycles. The highest BCUT2D eigenvalue weighted by molar-refractivity contribution is 7.13. The van der Waals surface area contributed by atoms with Crippen molar-refractivity contribution in [3.05, 3.63) is 65.2 Å². The fraction of sp³-hybridized carbons (Fsp3) is 0.263. The largest absolute Gasteiger partial charge is 0.355 e. The Balaban J connectivity index is 1.60. The van der Waals surface area contributed by atoms with E-state index in [0.717, 1.165) is 11.3 Å². The molecule has 1 atom stereocenters. The van der Waals surface area contributed by atoms with Gasteiger partial charge in [-0.2, -0.15) is 0 Å². The quantitative estimate of drug-likeness (QED) is 0.706. The number of thiophene rings is 1. The van der Waals surface area contributed by atoms with E-state index in [1.165, 1.54) is 5.56 Å². The number of hydrogen-bond donors (Lipinski definition) is 1. The molecule has 0 saturated heterocycles. The summed E-state index contributed by atoms with van der Waals surface area (Å²) in [5, 5.41) is 8.81. The van der Waals surface area contributed by atoms with Gasteiger partial charge in [-0.25, -0.2) is 0 Å². The molecule has 0 aliphatic rings. The molecule has 1 unspecified atom stereocenters. The third-order valence-corrected chi connectivity index (χ3v) is 4.93. The molecule has 0 bridgehead atoms. The second-order valence-corrected chi connectivity index (χ2v) is 7.02. The molecule has 6 heteroatoms. The predicted octanol–water partition coefficient (Wildman–Crippen LogP) is 3.31. The molecule has 3 rings (SSSR count). The highest BCUT2D eigenvalue weighted by Crippen LogP contribution is 2.25. The monoisotopic (exact) mass is 355 g/mol. The third-order valence-electron chi connectivity index (χ3n) is 4.05. The standard InChI is InChI=1S/C19H21N3O2S/c1-22(2)15(11-14-7-4-3-5-8-14)13-20-19(23)16-12-17(24-21-16)18-9-6-10-25-18/h3-10,12,15H,11,13H2,1-2H3,(H,20,23). The van der Waals surface area contributed by atoms with E-state index in [4.69, 9.17) is 4.52 Å². The van der Waals surface area contributed by atoms with Gasteiger partial charge in [-0.15, -0.1) is 11.3 Å². The zero-order valence-electron chi connectivity index (χ0n) is 14.3. The van der Waals surface area contributed by atoms with Crippen molar-refractivity contribution in [2.24, 2.45) is 0 Å². The van der Waals surface area contributed by atoms with Crippen LogP contribution in [0, 0.1) is 0 Å². The summed E-state index contributed by atoms with van der Waals surface area (Å²) in [6, 6.07) is 16.0. The van der Waals surface area contributed by atoms with Crippen LogP contribution in [0.4, 0.5) is 0 Å². The first-order chi connectivity index (χ1) is 12.1. The van der Waals surface area contributed by atoms with E-state index in [1.807, 2.05) is 49.8 Å². The molecule has 1 amide bonds. The van der Waals surface area contributed by atoms with Crippen LogP contribution in [0.5, 0.6) is 0 Å². The van der Waals surface area contributed by atoms with Crippen LogP contribution in [-0.2, 0) is 6.42 Å². The van der Waals surface area contributed by atoms with Gasteiger partial charge >= 0.3 is 0 Å². The lowest BCUT2D eigenvalue weighted by Gasteiger charge is -2.24. The third kappa shape index (κ3) is 4.55. The lowest BCUT2D eigenvalue weighted by Crippen LogP contribution is -2.41. The smallest absolute Gasteiger partial charge is 0.273 e. The minimum atomic E-state index is -0.216. The van der Waals surface area contributed by atoms with Crippen LogP contribution >= 0.6 is 11.3 Å². The van der Waals surface area contributed by atoms with Crippen LogP contribution in [0.3, 0.4) is 0 Å². The van der Waals surface area contributed by atoms with Gasteiger partial charge in [0.05, 0.1) is 4.88 Å². The highest BCUT2D eigenvalue weighted by Gasteiger charge is 2.17. The van der Waals surface area contributed by atoms with Gasteiger partial charge < -0.3 is 14.7 Å². The van der Waals surface area contributed by atoms with E-state index in [2.05, 4.69) is 27.5 Å². The Hall–Kier alpha value is -2.44. The van der Waals surface area contributed by atoms with E-state index in [1.54, 1.807) is 17.4 Å². The number of benzene rings is 1. The SMILES string of the molecule is CN(C)C(CNC(=O)c1cc(-c2cccs2)on1)Cc1ccccc1. The Kier molecular flexibility index (Phi) is 5.63. The van der Waals surface area contributed by atoms with Crippen molar-refractivity contribution >= 4 is 17.2 Å². The van der Waals surface area contributed by atoms with Crippen molar-refractivity contribution < 1.29 is 9.32 Å². The van der Waals surface area contributed by atoms with Gasteiger partial charge in [0.15, 0.2) is 11.5 Å². The van der Waals surface area contributed by atoms with Crippen LogP contribution in [0.25, 0.3) is 10.6 Å². The van der Waals surface area contributed by atoms with Crippen molar-refractivity contribution in [3.8, 4) is 10.6 Å². The summed E-state index contributed by atoms with van der Waals surface area (Å²) in [5.74, 6) is 0.403. The van der Waals surface area contributed by atoms with Crippen LogP contribution in [0.1, 0.15) is 16.1 Å². The molecule has 0 aliphatic heterocycles. The number of carbonyl (C=O) groups is 1. The summed E-state index contributed by atoms with van der Waals surface area (Å²) < 4.78 is 5.27. The van der Waals surface area contributed by atoms with Crippen LogP contribution in [0.15, 0.2) is 58.4 Å². The molecule has 2 aromatic heterocycles. The normalized spacial score (nSPS) is 12.3. The number of likely N-dealkylation sites (N-methyl/N-ethyl adjacent to an activating group) is 1. The second-order valence-electron chi connectivity index (χ2n) is 6.07. The average Bonchev–Trinajstić information content (AvgIpc) is 3.29. The first kappa shape index (κ1) is 17.4. The van der Waals surface area contributed by atoms with Gasteiger partial charge in [-0.3, -0.25) is 4.79 Å². The summed E-state index contributed by atoms with van der Waals surface area (Å²) in [7, 11) is 4.04. The fourth-order valence-corrected chi connectivity index (χ4v) is 3.21. The zero-order valence-corrected chi connectivity index (χ0v) is 15.1. The summed E-state index contributed by atoms with van der Waals surface area (Å²) in [6.45, 7) is 0.544. The lowest BCUT2D eigenvalue weighted by molar-refractivity contribution is 0.0932. The molecular formula is C19H21N3O2S. The molecule has 5 nitrogen and oxygen atoms in total. The molecule has 0 spiro atoms. The predicted molar refractivity (Wildman–Crippen MR) is 99.8 cm³/mol. The van der Waals surface area contributed by atoms with E-state index < -0.39 is 0 Å². The Morgan fingerprint density at radius 3 is 2.72 bits per heavy atom. The Bertz CT molecular complexity index is 797. The molecule has 0 radical (unpaired) electrons. The second kappa shape index (κ2) is 8.09. The van der Waals surface area contributed by atoms with Gasteiger partial charge in [-0.05, 0) is 37.5 Å². The molecule has 0 aliphatic carbocycles. The van der Waals surface area contributed by atoms with E-state index in [9.17, 15) is 4.79 Å². The first-order valence-corrected chi connectivity index (χ1v) is 9.00.